The molecule has 6 nitrogen and oxygen atoms in total. The fourth-order valence-electron chi connectivity index (χ4n) is 3.46. The van der Waals surface area contributed by atoms with Gasteiger partial charge in [0.25, 0.3) is 0 Å². The lowest BCUT2D eigenvalue weighted by Gasteiger charge is -2.22. The molecule has 28 heavy (non-hydrogen) atoms. The number of hydrogen-bond acceptors (Lipinski definition) is 4. The number of anilines is 1. The number of carbonyl (C=O) groups excluding carboxylic acids is 2. The Hall–Kier alpha value is -2.73. The number of nitrogens with one attached hydrogen (secondary N) is 1. The highest BCUT2D eigenvalue weighted by Gasteiger charge is 2.35. The highest BCUT2D eigenvalue weighted by atomic mass is 35.5. The Labute approximate surface area is 168 Å². The predicted molar refractivity (Wildman–Crippen MR) is 106 cm³/mol. The second-order valence-corrected chi connectivity index (χ2v) is 7.34. The molecule has 1 saturated heterocycles. The summed E-state index contributed by atoms with van der Waals surface area (Å²) in [6.07, 6.45) is 0.927. The van der Waals surface area contributed by atoms with Gasteiger partial charge in [-0.25, -0.2) is 0 Å². The van der Waals surface area contributed by atoms with Crippen molar-refractivity contribution in [1.29, 1.82) is 0 Å². The third kappa shape index (κ3) is 4.07. The monoisotopic (exact) mass is 400 g/mol. The van der Waals surface area contributed by atoms with Gasteiger partial charge in [0.1, 0.15) is 13.2 Å². The molecule has 146 valence electrons. The number of halogens is 1. The second-order valence-electron chi connectivity index (χ2n) is 6.90. The highest BCUT2D eigenvalue weighted by molar-refractivity contribution is 6.30. The molecule has 4 rings (SSSR count). The minimum Gasteiger partial charge on any atom is -0.486 e. The lowest BCUT2D eigenvalue weighted by atomic mass is 10.1. The average molecular weight is 401 g/mol. The summed E-state index contributed by atoms with van der Waals surface area (Å²) in [7, 11) is 0. The van der Waals surface area contributed by atoms with E-state index in [0.29, 0.717) is 42.8 Å². The Morgan fingerprint density at radius 3 is 2.64 bits per heavy atom. The Kier molecular flexibility index (Phi) is 5.39. The SMILES string of the molecule is O=C(NCCc1ccc(Cl)cc1)[C@@H]1CC(=O)N(c2ccc3c(c2)OCCO3)C1. The van der Waals surface area contributed by atoms with Crippen molar-refractivity contribution >= 4 is 29.1 Å². The van der Waals surface area contributed by atoms with Gasteiger partial charge in [0.05, 0.1) is 5.92 Å². The van der Waals surface area contributed by atoms with Crippen LogP contribution in [0.15, 0.2) is 42.5 Å². The fourth-order valence-corrected chi connectivity index (χ4v) is 3.58. The van der Waals surface area contributed by atoms with Crippen LogP contribution in [0.25, 0.3) is 0 Å². The van der Waals surface area contributed by atoms with E-state index in [4.69, 9.17) is 21.1 Å². The van der Waals surface area contributed by atoms with E-state index >= 15 is 0 Å². The standard InChI is InChI=1S/C21H21ClN2O4/c22-16-3-1-14(2-4-16)7-8-23-21(26)15-11-20(25)24(13-15)17-5-6-18-19(12-17)28-10-9-27-18/h1-6,12,15H,7-11,13H2,(H,23,26)/t15-/m1/s1. The summed E-state index contributed by atoms with van der Waals surface area (Å²) in [6.45, 7) is 1.90. The number of amides is 2. The molecule has 0 unspecified atom stereocenters. The van der Waals surface area contributed by atoms with Crippen molar-refractivity contribution in [1.82, 2.24) is 5.32 Å². The molecule has 2 amide bonds. The van der Waals surface area contributed by atoms with Gasteiger partial charge in [0, 0.05) is 36.3 Å². The van der Waals surface area contributed by atoms with E-state index in [0.717, 1.165) is 17.7 Å². The lowest BCUT2D eigenvalue weighted by molar-refractivity contribution is -0.126. The number of rotatable bonds is 5. The van der Waals surface area contributed by atoms with Gasteiger partial charge in [-0.1, -0.05) is 23.7 Å². The number of hydrogen-bond donors (Lipinski definition) is 1. The molecule has 7 heteroatoms. The van der Waals surface area contributed by atoms with Gasteiger partial charge >= 0.3 is 0 Å². The maximum atomic E-state index is 12.5. The maximum absolute atomic E-state index is 12.5. The summed E-state index contributed by atoms with van der Waals surface area (Å²) in [5, 5.41) is 3.63. The molecule has 1 atom stereocenters. The van der Waals surface area contributed by atoms with Crippen molar-refractivity contribution in [3.63, 3.8) is 0 Å². The Balaban J connectivity index is 1.33. The minimum atomic E-state index is -0.356. The molecule has 0 aliphatic carbocycles. The molecule has 0 bridgehead atoms. The van der Waals surface area contributed by atoms with E-state index in [2.05, 4.69) is 5.32 Å². The summed E-state index contributed by atoms with van der Waals surface area (Å²) in [4.78, 5) is 26.6. The van der Waals surface area contributed by atoms with Crippen LogP contribution in [0.2, 0.25) is 5.02 Å². The largest absolute Gasteiger partial charge is 0.486 e. The van der Waals surface area contributed by atoms with E-state index in [1.165, 1.54) is 0 Å². The molecular formula is C21H21ClN2O4. The number of fused-ring (bicyclic) bond motifs is 1. The van der Waals surface area contributed by atoms with Gasteiger partial charge in [-0.2, -0.15) is 0 Å². The van der Waals surface area contributed by atoms with Gasteiger partial charge in [-0.05, 0) is 36.2 Å². The van der Waals surface area contributed by atoms with Crippen molar-refractivity contribution in [2.45, 2.75) is 12.8 Å². The van der Waals surface area contributed by atoms with Crippen LogP contribution < -0.4 is 19.7 Å². The lowest BCUT2D eigenvalue weighted by Crippen LogP contribution is -2.34. The number of benzene rings is 2. The molecule has 1 N–H and O–H groups in total. The summed E-state index contributed by atoms with van der Waals surface area (Å²) < 4.78 is 11.1. The Morgan fingerprint density at radius 1 is 1.11 bits per heavy atom. The van der Waals surface area contributed by atoms with Gasteiger partial charge < -0.3 is 19.7 Å². The van der Waals surface area contributed by atoms with E-state index < -0.39 is 0 Å². The van der Waals surface area contributed by atoms with E-state index in [9.17, 15) is 9.59 Å². The maximum Gasteiger partial charge on any atom is 0.227 e. The van der Waals surface area contributed by atoms with Crippen molar-refractivity contribution in [2.75, 3.05) is 31.2 Å². The molecule has 2 heterocycles. The van der Waals surface area contributed by atoms with Crippen molar-refractivity contribution in [3.05, 3.63) is 53.1 Å². The number of nitrogens with zero attached hydrogens (tertiary/aromatic N) is 1. The minimum absolute atomic E-state index is 0.0606. The molecule has 2 aliphatic rings. The zero-order valence-corrected chi connectivity index (χ0v) is 16.1. The van der Waals surface area contributed by atoms with Crippen LogP contribution in [0.3, 0.4) is 0 Å². The quantitative estimate of drug-likeness (QED) is 0.838. The van der Waals surface area contributed by atoms with E-state index in [1.54, 1.807) is 17.0 Å². The van der Waals surface area contributed by atoms with E-state index in [-0.39, 0.29) is 24.2 Å². The van der Waals surface area contributed by atoms with Gasteiger partial charge in [-0.3, -0.25) is 9.59 Å². The third-order valence-corrected chi connectivity index (χ3v) is 5.21. The number of ether oxygens (including phenoxy) is 2. The van der Waals surface area contributed by atoms with Crippen LogP contribution in [0, 0.1) is 5.92 Å². The van der Waals surface area contributed by atoms with Crippen LogP contribution in [0.5, 0.6) is 11.5 Å². The van der Waals surface area contributed by atoms with Crippen LogP contribution in [-0.2, 0) is 16.0 Å². The van der Waals surface area contributed by atoms with Crippen molar-refractivity contribution < 1.29 is 19.1 Å². The van der Waals surface area contributed by atoms with Crippen LogP contribution in [0.1, 0.15) is 12.0 Å². The van der Waals surface area contributed by atoms with Crippen LogP contribution in [0.4, 0.5) is 5.69 Å². The van der Waals surface area contributed by atoms with Crippen LogP contribution >= 0.6 is 11.6 Å². The molecule has 2 aromatic carbocycles. The molecule has 0 aromatic heterocycles. The van der Waals surface area contributed by atoms with Gasteiger partial charge in [0.15, 0.2) is 11.5 Å². The second kappa shape index (κ2) is 8.10. The molecule has 0 saturated carbocycles. The first-order valence-electron chi connectivity index (χ1n) is 9.32. The molecule has 1 fully saturated rings. The van der Waals surface area contributed by atoms with Crippen molar-refractivity contribution in [2.24, 2.45) is 5.92 Å². The van der Waals surface area contributed by atoms with E-state index in [1.807, 2.05) is 30.3 Å². The third-order valence-electron chi connectivity index (χ3n) is 4.96. The first-order chi connectivity index (χ1) is 13.6. The molecule has 2 aromatic rings. The highest BCUT2D eigenvalue weighted by Crippen LogP contribution is 2.35. The normalized spacial score (nSPS) is 18.2. The average Bonchev–Trinajstić information content (AvgIpc) is 3.11. The number of carbonyl (C=O) groups is 2. The van der Waals surface area contributed by atoms with Gasteiger partial charge in [0.2, 0.25) is 11.8 Å². The predicted octanol–water partition coefficient (Wildman–Crippen LogP) is 2.82. The van der Waals surface area contributed by atoms with Crippen LogP contribution in [-0.4, -0.2) is 38.1 Å². The topological polar surface area (TPSA) is 67.9 Å². The molecule has 2 aliphatic heterocycles. The first-order valence-corrected chi connectivity index (χ1v) is 9.70. The fraction of sp³-hybridized carbons (Fsp3) is 0.333. The first kappa shape index (κ1) is 18.6. The summed E-state index contributed by atoms with van der Waals surface area (Å²) in [6, 6.07) is 13.0. The summed E-state index contributed by atoms with van der Waals surface area (Å²) in [5.74, 6) is 0.799. The summed E-state index contributed by atoms with van der Waals surface area (Å²) >= 11 is 5.88. The smallest absolute Gasteiger partial charge is 0.227 e. The zero-order chi connectivity index (χ0) is 19.5. The Morgan fingerprint density at radius 2 is 1.86 bits per heavy atom. The molecule has 0 spiro atoms. The summed E-state index contributed by atoms with van der Waals surface area (Å²) in [5.41, 5.74) is 1.83. The zero-order valence-electron chi connectivity index (χ0n) is 15.3. The Bertz CT molecular complexity index is 884. The van der Waals surface area contributed by atoms with Crippen molar-refractivity contribution in [3.8, 4) is 11.5 Å². The molecular weight excluding hydrogens is 380 g/mol. The molecule has 0 radical (unpaired) electrons. The van der Waals surface area contributed by atoms with Gasteiger partial charge in [-0.15, -0.1) is 0 Å².